The Labute approximate surface area is 155 Å². The standard InChI is InChI=1S/C19H18N4O2S/c1-24-15-8-6-13(7-9-15)10-18-20-21-19-23(18)22-17(12-26-19)14-4-3-5-16(11-14)25-2/h3-9,11H,10,12H2,1-2H3. The maximum Gasteiger partial charge on any atom is 0.212 e. The molecule has 0 saturated heterocycles. The third kappa shape index (κ3) is 3.30. The van der Waals surface area contributed by atoms with E-state index >= 15 is 0 Å². The van der Waals surface area contributed by atoms with Gasteiger partial charge in [-0.25, -0.2) is 0 Å². The minimum absolute atomic E-state index is 0.659. The Balaban J connectivity index is 1.63. The molecule has 0 aliphatic carbocycles. The van der Waals surface area contributed by atoms with Crippen LogP contribution in [-0.2, 0) is 6.42 Å². The zero-order valence-corrected chi connectivity index (χ0v) is 15.4. The molecular weight excluding hydrogens is 348 g/mol. The van der Waals surface area contributed by atoms with E-state index in [0.717, 1.165) is 45.1 Å². The predicted molar refractivity (Wildman–Crippen MR) is 101 cm³/mol. The van der Waals surface area contributed by atoms with Crippen LogP contribution in [0.3, 0.4) is 0 Å². The van der Waals surface area contributed by atoms with Crippen LogP contribution in [0.5, 0.6) is 11.5 Å². The first-order valence-corrected chi connectivity index (χ1v) is 9.17. The number of nitrogens with zero attached hydrogens (tertiary/aromatic N) is 4. The topological polar surface area (TPSA) is 61.5 Å². The van der Waals surface area contributed by atoms with Gasteiger partial charge in [0.2, 0.25) is 5.16 Å². The minimum atomic E-state index is 0.659. The van der Waals surface area contributed by atoms with Crippen molar-refractivity contribution < 1.29 is 9.47 Å². The Kier molecular flexibility index (Phi) is 4.62. The van der Waals surface area contributed by atoms with Gasteiger partial charge in [0.05, 0.1) is 19.9 Å². The highest BCUT2D eigenvalue weighted by Crippen LogP contribution is 2.26. The molecule has 0 fully saturated rings. The van der Waals surface area contributed by atoms with Crippen LogP contribution in [0.4, 0.5) is 0 Å². The monoisotopic (exact) mass is 366 g/mol. The van der Waals surface area contributed by atoms with Crippen LogP contribution in [0.25, 0.3) is 0 Å². The van der Waals surface area contributed by atoms with E-state index in [2.05, 4.69) is 10.2 Å². The van der Waals surface area contributed by atoms with Crippen molar-refractivity contribution in [1.82, 2.24) is 14.9 Å². The van der Waals surface area contributed by atoms with Crippen LogP contribution >= 0.6 is 11.8 Å². The molecule has 0 bridgehead atoms. The van der Waals surface area contributed by atoms with Crippen LogP contribution in [0.2, 0.25) is 0 Å². The van der Waals surface area contributed by atoms with Gasteiger partial charge in [0.25, 0.3) is 0 Å². The normalized spacial score (nSPS) is 13.1. The zero-order chi connectivity index (χ0) is 17.9. The number of fused-ring (bicyclic) bond motifs is 1. The molecule has 0 amide bonds. The molecule has 3 aromatic rings. The molecule has 6 nitrogen and oxygen atoms in total. The minimum Gasteiger partial charge on any atom is -0.497 e. The van der Waals surface area contributed by atoms with E-state index in [1.165, 1.54) is 0 Å². The first-order valence-electron chi connectivity index (χ1n) is 8.19. The van der Waals surface area contributed by atoms with E-state index in [1.807, 2.05) is 53.2 Å². The highest BCUT2D eigenvalue weighted by Gasteiger charge is 2.20. The summed E-state index contributed by atoms with van der Waals surface area (Å²) in [5, 5.41) is 14.2. The van der Waals surface area contributed by atoms with E-state index in [1.54, 1.807) is 26.0 Å². The average molecular weight is 366 g/mol. The summed E-state index contributed by atoms with van der Waals surface area (Å²) >= 11 is 1.64. The molecule has 1 aromatic heterocycles. The smallest absolute Gasteiger partial charge is 0.212 e. The maximum absolute atomic E-state index is 5.32. The second kappa shape index (κ2) is 7.21. The fourth-order valence-electron chi connectivity index (χ4n) is 2.75. The lowest BCUT2D eigenvalue weighted by Gasteiger charge is -2.14. The van der Waals surface area contributed by atoms with E-state index in [-0.39, 0.29) is 0 Å². The molecule has 0 unspecified atom stereocenters. The van der Waals surface area contributed by atoms with Gasteiger partial charge < -0.3 is 9.47 Å². The SMILES string of the molecule is COc1ccc(Cc2nnc3n2N=C(c2cccc(OC)c2)CS3)cc1. The summed E-state index contributed by atoms with van der Waals surface area (Å²) in [5.41, 5.74) is 3.17. The molecule has 7 heteroatoms. The number of benzene rings is 2. The lowest BCUT2D eigenvalue weighted by atomic mass is 10.1. The molecule has 2 heterocycles. The maximum atomic E-state index is 5.32. The first kappa shape index (κ1) is 16.7. The number of thioether (sulfide) groups is 1. The molecule has 0 radical (unpaired) electrons. The Hall–Kier alpha value is -2.80. The summed E-state index contributed by atoms with van der Waals surface area (Å²) in [4.78, 5) is 0. The summed E-state index contributed by atoms with van der Waals surface area (Å²) in [6.07, 6.45) is 0.659. The van der Waals surface area contributed by atoms with Gasteiger partial charge in [0, 0.05) is 17.7 Å². The van der Waals surface area contributed by atoms with E-state index < -0.39 is 0 Å². The van der Waals surface area contributed by atoms with E-state index in [9.17, 15) is 0 Å². The van der Waals surface area contributed by atoms with Crippen LogP contribution < -0.4 is 9.47 Å². The molecule has 26 heavy (non-hydrogen) atoms. The van der Waals surface area contributed by atoms with Crippen molar-refractivity contribution in [3.63, 3.8) is 0 Å². The van der Waals surface area contributed by atoms with Gasteiger partial charge in [0.1, 0.15) is 11.5 Å². The van der Waals surface area contributed by atoms with Crippen molar-refractivity contribution in [1.29, 1.82) is 0 Å². The van der Waals surface area contributed by atoms with Crippen molar-refractivity contribution in [2.75, 3.05) is 20.0 Å². The van der Waals surface area contributed by atoms with Gasteiger partial charge in [0.15, 0.2) is 5.82 Å². The Bertz CT molecular complexity index is 950. The third-order valence-electron chi connectivity index (χ3n) is 4.16. The molecule has 0 N–H and O–H groups in total. The van der Waals surface area contributed by atoms with Gasteiger partial charge in [-0.15, -0.1) is 10.2 Å². The van der Waals surface area contributed by atoms with Gasteiger partial charge in [-0.2, -0.15) is 9.78 Å². The molecule has 4 rings (SSSR count). The van der Waals surface area contributed by atoms with Crippen molar-refractivity contribution in [2.24, 2.45) is 5.10 Å². The highest BCUT2D eigenvalue weighted by molar-refractivity contribution is 7.99. The molecule has 0 atom stereocenters. The Morgan fingerprint density at radius 3 is 2.58 bits per heavy atom. The summed E-state index contributed by atoms with van der Waals surface area (Å²) in [6.45, 7) is 0. The quantitative estimate of drug-likeness (QED) is 0.694. The fourth-order valence-corrected chi connectivity index (χ4v) is 3.61. The van der Waals surface area contributed by atoms with Crippen LogP contribution in [0.15, 0.2) is 58.8 Å². The largest absolute Gasteiger partial charge is 0.497 e. The van der Waals surface area contributed by atoms with Crippen molar-refractivity contribution in [3.8, 4) is 11.5 Å². The predicted octanol–water partition coefficient (Wildman–Crippen LogP) is 3.24. The summed E-state index contributed by atoms with van der Waals surface area (Å²) in [6, 6.07) is 15.9. The second-order valence-corrected chi connectivity index (χ2v) is 6.75. The average Bonchev–Trinajstić information content (AvgIpc) is 3.10. The molecule has 2 aromatic carbocycles. The lowest BCUT2D eigenvalue weighted by Crippen LogP contribution is -2.14. The van der Waals surface area contributed by atoms with Gasteiger partial charge in [-0.1, -0.05) is 36.0 Å². The third-order valence-corrected chi connectivity index (χ3v) is 5.09. The van der Waals surface area contributed by atoms with Crippen LogP contribution in [0.1, 0.15) is 17.0 Å². The Morgan fingerprint density at radius 2 is 1.81 bits per heavy atom. The Morgan fingerprint density at radius 1 is 1.00 bits per heavy atom. The zero-order valence-electron chi connectivity index (χ0n) is 14.5. The molecule has 1 aliphatic rings. The molecule has 0 spiro atoms. The van der Waals surface area contributed by atoms with Gasteiger partial charge >= 0.3 is 0 Å². The molecule has 1 aliphatic heterocycles. The molecule has 0 saturated carbocycles. The van der Waals surface area contributed by atoms with E-state index in [4.69, 9.17) is 14.6 Å². The number of aromatic nitrogens is 3. The number of ether oxygens (including phenoxy) is 2. The number of methoxy groups -OCH3 is 2. The lowest BCUT2D eigenvalue weighted by molar-refractivity contribution is 0.414. The summed E-state index contributed by atoms with van der Waals surface area (Å²) in [5.74, 6) is 3.24. The summed E-state index contributed by atoms with van der Waals surface area (Å²) < 4.78 is 12.4. The highest BCUT2D eigenvalue weighted by atomic mass is 32.2. The summed E-state index contributed by atoms with van der Waals surface area (Å²) in [7, 11) is 3.33. The fraction of sp³-hybridized carbons (Fsp3) is 0.211. The van der Waals surface area contributed by atoms with E-state index in [0.29, 0.717) is 6.42 Å². The van der Waals surface area contributed by atoms with Crippen LogP contribution in [0, 0.1) is 0 Å². The number of hydrogen-bond acceptors (Lipinski definition) is 6. The van der Waals surface area contributed by atoms with Crippen molar-refractivity contribution >= 4 is 17.5 Å². The molecular formula is C19H18N4O2S. The van der Waals surface area contributed by atoms with Gasteiger partial charge in [-0.05, 0) is 29.8 Å². The second-order valence-electron chi connectivity index (χ2n) is 5.80. The van der Waals surface area contributed by atoms with Crippen molar-refractivity contribution in [2.45, 2.75) is 11.6 Å². The van der Waals surface area contributed by atoms with Crippen molar-refractivity contribution in [3.05, 3.63) is 65.5 Å². The number of hydrogen-bond donors (Lipinski definition) is 0. The molecule has 132 valence electrons. The number of rotatable bonds is 5. The van der Waals surface area contributed by atoms with Crippen LogP contribution in [-0.4, -0.2) is 40.6 Å². The first-order chi connectivity index (χ1) is 12.8. The van der Waals surface area contributed by atoms with Gasteiger partial charge in [-0.3, -0.25) is 0 Å².